The highest BCUT2D eigenvalue weighted by atomic mass is 16.3. The minimum atomic E-state index is -0.774. The Morgan fingerprint density at radius 3 is 2.25 bits per heavy atom. The van der Waals surface area contributed by atoms with E-state index in [0.717, 1.165) is 32.2 Å². The Balaban J connectivity index is 1.46. The third kappa shape index (κ3) is 4.81. The molecule has 0 aliphatic heterocycles. The van der Waals surface area contributed by atoms with Crippen LogP contribution in [-0.2, 0) is 32.2 Å². The van der Waals surface area contributed by atoms with Crippen LogP contribution in [0.2, 0.25) is 0 Å². The highest BCUT2D eigenvalue weighted by Gasteiger charge is 2.30. The SMILES string of the molecule is CCc1cc2c(cc1CC)CC(N(Cc1ccccc1)C[C@H](O)c1ccc(O)c3[nH]c(=O)ccc13)C2. The number of phenolic OH excluding ortho intramolecular Hbond substituents is 1. The summed E-state index contributed by atoms with van der Waals surface area (Å²) >= 11 is 0. The van der Waals surface area contributed by atoms with E-state index in [2.05, 4.69) is 60.1 Å². The zero-order valence-corrected chi connectivity index (χ0v) is 21.0. The summed E-state index contributed by atoms with van der Waals surface area (Å²) in [7, 11) is 0. The number of rotatable bonds is 8. The molecule has 0 spiro atoms. The standard InChI is InChI=1S/C31H34N2O3/c1-3-21-14-23-16-25(17-24(23)15-22(21)4-2)33(18-20-8-6-5-7-9-20)19-29(35)26-10-12-28(34)31-27(26)11-13-30(36)32-31/h5-15,25,29,34-35H,3-4,16-19H2,1-2H3,(H,32,36)/t29-/m0/s1. The Hall–Kier alpha value is -3.41. The number of aromatic amines is 1. The number of nitrogens with one attached hydrogen (secondary N) is 1. The molecule has 1 atom stereocenters. The topological polar surface area (TPSA) is 76.6 Å². The van der Waals surface area contributed by atoms with Gasteiger partial charge in [0.15, 0.2) is 0 Å². The van der Waals surface area contributed by atoms with Gasteiger partial charge >= 0.3 is 0 Å². The largest absolute Gasteiger partial charge is 0.506 e. The number of aromatic nitrogens is 1. The van der Waals surface area contributed by atoms with E-state index in [1.54, 1.807) is 18.2 Å². The third-order valence-corrected chi connectivity index (χ3v) is 7.61. The van der Waals surface area contributed by atoms with Gasteiger partial charge in [-0.2, -0.15) is 0 Å². The first-order chi connectivity index (χ1) is 17.5. The summed E-state index contributed by atoms with van der Waals surface area (Å²) in [5.74, 6) is 0.00416. The van der Waals surface area contributed by atoms with E-state index in [1.165, 1.54) is 33.9 Å². The van der Waals surface area contributed by atoms with Gasteiger partial charge in [0.05, 0.1) is 11.6 Å². The Morgan fingerprint density at radius 2 is 1.61 bits per heavy atom. The Morgan fingerprint density at radius 1 is 0.944 bits per heavy atom. The van der Waals surface area contributed by atoms with Gasteiger partial charge in [-0.1, -0.05) is 62.4 Å². The molecule has 1 aliphatic carbocycles. The predicted octanol–water partition coefficient (Wildman–Crippen LogP) is 5.06. The summed E-state index contributed by atoms with van der Waals surface area (Å²) in [6.07, 6.45) is 3.25. The van der Waals surface area contributed by atoms with Crippen molar-refractivity contribution in [3.63, 3.8) is 0 Å². The molecule has 0 radical (unpaired) electrons. The molecule has 0 saturated heterocycles. The van der Waals surface area contributed by atoms with E-state index in [4.69, 9.17) is 0 Å². The van der Waals surface area contributed by atoms with Crippen LogP contribution in [0.3, 0.4) is 0 Å². The van der Waals surface area contributed by atoms with Crippen LogP contribution in [0.4, 0.5) is 0 Å². The number of aromatic hydroxyl groups is 1. The summed E-state index contributed by atoms with van der Waals surface area (Å²) in [6.45, 7) is 5.64. The molecule has 0 amide bonds. The van der Waals surface area contributed by atoms with Gasteiger partial charge in [-0.05, 0) is 71.2 Å². The molecule has 36 heavy (non-hydrogen) atoms. The van der Waals surface area contributed by atoms with Crippen LogP contribution < -0.4 is 5.56 Å². The van der Waals surface area contributed by atoms with Crippen molar-refractivity contribution in [2.45, 2.75) is 58.2 Å². The van der Waals surface area contributed by atoms with Crippen molar-refractivity contribution in [2.24, 2.45) is 0 Å². The summed E-state index contributed by atoms with van der Waals surface area (Å²) in [6, 6.07) is 21.9. The molecule has 5 rings (SSSR count). The van der Waals surface area contributed by atoms with E-state index < -0.39 is 6.10 Å². The van der Waals surface area contributed by atoms with Crippen LogP contribution in [0.25, 0.3) is 10.9 Å². The van der Waals surface area contributed by atoms with Gasteiger partial charge in [0.25, 0.3) is 0 Å². The lowest BCUT2D eigenvalue weighted by Gasteiger charge is -2.31. The van der Waals surface area contributed by atoms with Gasteiger partial charge < -0.3 is 15.2 Å². The van der Waals surface area contributed by atoms with Gasteiger partial charge in [0.1, 0.15) is 5.75 Å². The van der Waals surface area contributed by atoms with Crippen molar-refractivity contribution >= 4 is 10.9 Å². The van der Waals surface area contributed by atoms with E-state index in [-0.39, 0.29) is 17.4 Å². The quantitative estimate of drug-likeness (QED) is 0.328. The number of fused-ring (bicyclic) bond motifs is 2. The lowest BCUT2D eigenvalue weighted by molar-refractivity contribution is 0.0844. The highest BCUT2D eigenvalue weighted by Crippen LogP contribution is 2.33. The van der Waals surface area contributed by atoms with Gasteiger partial charge in [0, 0.05) is 30.6 Å². The first-order valence-electron chi connectivity index (χ1n) is 12.9. The fourth-order valence-corrected chi connectivity index (χ4v) is 5.70. The van der Waals surface area contributed by atoms with Crippen molar-refractivity contribution in [3.05, 3.63) is 110 Å². The number of aliphatic hydroxyl groups excluding tert-OH is 1. The average molecular weight is 483 g/mol. The monoisotopic (exact) mass is 482 g/mol. The van der Waals surface area contributed by atoms with Gasteiger partial charge in [-0.15, -0.1) is 0 Å². The number of pyridine rings is 1. The summed E-state index contributed by atoms with van der Waals surface area (Å²) in [5, 5.41) is 22.4. The fraction of sp³-hybridized carbons (Fsp3) is 0.323. The van der Waals surface area contributed by atoms with Crippen molar-refractivity contribution in [3.8, 4) is 5.75 Å². The van der Waals surface area contributed by atoms with Crippen LogP contribution in [0.5, 0.6) is 5.75 Å². The molecule has 5 heteroatoms. The number of aryl methyl sites for hydroxylation is 2. The van der Waals surface area contributed by atoms with Crippen LogP contribution in [0.15, 0.2) is 71.5 Å². The minimum Gasteiger partial charge on any atom is -0.506 e. The third-order valence-electron chi connectivity index (χ3n) is 7.61. The number of hydrogen-bond acceptors (Lipinski definition) is 4. The van der Waals surface area contributed by atoms with Crippen molar-refractivity contribution in [2.75, 3.05) is 6.54 Å². The Kier molecular flexibility index (Phi) is 6.95. The molecule has 1 aromatic heterocycles. The molecule has 5 nitrogen and oxygen atoms in total. The average Bonchev–Trinajstić information content (AvgIpc) is 3.31. The van der Waals surface area contributed by atoms with E-state index in [1.807, 2.05) is 6.07 Å². The second-order valence-corrected chi connectivity index (χ2v) is 9.87. The maximum absolute atomic E-state index is 11.8. The summed E-state index contributed by atoms with van der Waals surface area (Å²) in [5.41, 5.74) is 7.73. The maximum Gasteiger partial charge on any atom is 0.248 e. The molecular weight excluding hydrogens is 448 g/mol. The molecule has 0 unspecified atom stereocenters. The summed E-state index contributed by atoms with van der Waals surface area (Å²) < 4.78 is 0. The molecule has 3 aromatic carbocycles. The molecule has 0 saturated carbocycles. The summed E-state index contributed by atoms with van der Waals surface area (Å²) in [4.78, 5) is 16.9. The van der Waals surface area contributed by atoms with Crippen molar-refractivity contribution < 1.29 is 10.2 Å². The number of benzene rings is 3. The van der Waals surface area contributed by atoms with E-state index >= 15 is 0 Å². The van der Waals surface area contributed by atoms with E-state index in [0.29, 0.717) is 23.0 Å². The van der Waals surface area contributed by atoms with Crippen LogP contribution in [-0.4, -0.2) is 32.7 Å². The van der Waals surface area contributed by atoms with Crippen LogP contribution >= 0.6 is 0 Å². The lowest BCUT2D eigenvalue weighted by atomic mass is 9.97. The zero-order valence-electron chi connectivity index (χ0n) is 21.0. The number of phenols is 1. The fourth-order valence-electron chi connectivity index (χ4n) is 5.70. The molecule has 1 heterocycles. The second-order valence-electron chi connectivity index (χ2n) is 9.87. The molecular formula is C31H34N2O3. The lowest BCUT2D eigenvalue weighted by Crippen LogP contribution is -2.38. The first kappa shape index (κ1) is 24.3. The number of H-pyrrole nitrogens is 1. The zero-order chi connectivity index (χ0) is 25.2. The molecule has 4 aromatic rings. The Labute approximate surface area is 212 Å². The normalized spacial score (nSPS) is 14.4. The number of hydrogen-bond donors (Lipinski definition) is 3. The highest BCUT2D eigenvalue weighted by molar-refractivity contribution is 5.87. The second kappa shape index (κ2) is 10.3. The number of nitrogens with zero attached hydrogens (tertiary/aromatic N) is 1. The van der Waals surface area contributed by atoms with E-state index in [9.17, 15) is 15.0 Å². The smallest absolute Gasteiger partial charge is 0.248 e. The Bertz CT molecular complexity index is 1390. The molecule has 0 fully saturated rings. The van der Waals surface area contributed by atoms with Gasteiger partial charge in [-0.3, -0.25) is 9.69 Å². The molecule has 3 N–H and O–H groups in total. The molecule has 0 bridgehead atoms. The van der Waals surface area contributed by atoms with Crippen LogP contribution in [0, 0.1) is 0 Å². The first-order valence-corrected chi connectivity index (χ1v) is 12.9. The minimum absolute atomic E-state index is 0.00416. The number of aliphatic hydroxyl groups is 1. The molecule has 186 valence electrons. The maximum atomic E-state index is 11.8. The van der Waals surface area contributed by atoms with Gasteiger partial charge in [0.2, 0.25) is 5.56 Å². The van der Waals surface area contributed by atoms with Crippen LogP contribution in [0.1, 0.15) is 53.3 Å². The molecule has 1 aliphatic rings. The van der Waals surface area contributed by atoms with Gasteiger partial charge in [-0.25, -0.2) is 0 Å². The van der Waals surface area contributed by atoms with Crippen molar-refractivity contribution in [1.29, 1.82) is 0 Å². The van der Waals surface area contributed by atoms with Crippen molar-refractivity contribution in [1.82, 2.24) is 9.88 Å². The predicted molar refractivity (Wildman–Crippen MR) is 144 cm³/mol.